The number of carbonyl (C=O) groups is 2. The van der Waals surface area contributed by atoms with Crippen LogP contribution in [-0.4, -0.2) is 25.2 Å². The van der Waals surface area contributed by atoms with E-state index >= 15 is 0 Å². The smallest absolute Gasteiger partial charge is 0.323 e. The van der Waals surface area contributed by atoms with Gasteiger partial charge < -0.3 is 9.47 Å². The number of carbonyl (C=O) groups excluding carboxylic acids is 2. The second-order valence-corrected chi connectivity index (χ2v) is 5.83. The maximum atomic E-state index is 12.7. The highest BCUT2D eigenvalue weighted by Gasteiger charge is 2.55. The number of hydrogen-bond donors (Lipinski definition) is 0. The first-order chi connectivity index (χ1) is 10.1. The van der Waals surface area contributed by atoms with Crippen molar-refractivity contribution in [1.29, 1.82) is 0 Å². The molecular weight excluding hydrogens is 268 g/mol. The Balaban J connectivity index is 3.19. The molecule has 0 heterocycles. The lowest BCUT2D eigenvalue weighted by Gasteiger charge is -2.42. The molecule has 2 unspecified atom stereocenters. The van der Waals surface area contributed by atoms with E-state index in [4.69, 9.17) is 9.47 Å². The van der Waals surface area contributed by atoms with Crippen LogP contribution in [0.15, 0.2) is 0 Å². The van der Waals surface area contributed by atoms with Crippen LogP contribution in [0.25, 0.3) is 0 Å². The van der Waals surface area contributed by atoms with Gasteiger partial charge in [-0.25, -0.2) is 0 Å². The van der Waals surface area contributed by atoms with E-state index in [2.05, 4.69) is 6.92 Å². The first-order valence-electron chi connectivity index (χ1n) is 8.42. The zero-order valence-electron chi connectivity index (χ0n) is 13.9. The van der Waals surface area contributed by atoms with E-state index in [1.54, 1.807) is 13.8 Å². The molecule has 0 radical (unpaired) electrons. The summed E-state index contributed by atoms with van der Waals surface area (Å²) in [7, 11) is 0. The Kier molecular flexibility index (Phi) is 7.20. The molecule has 0 saturated heterocycles. The molecule has 0 amide bonds. The Bertz CT molecular complexity index is 333. The Morgan fingerprint density at radius 3 is 1.90 bits per heavy atom. The van der Waals surface area contributed by atoms with Gasteiger partial charge in [-0.2, -0.15) is 0 Å². The third-order valence-corrected chi connectivity index (χ3v) is 4.90. The van der Waals surface area contributed by atoms with E-state index in [0.717, 1.165) is 25.7 Å². The maximum Gasteiger partial charge on any atom is 0.323 e. The quantitative estimate of drug-likeness (QED) is 0.531. The van der Waals surface area contributed by atoms with Crippen LogP contribution in [0.3, 0.4) is 0 Å². The zero-order chi connectivity index (χ0) is 15.9. The summed E-state index contributed by atoms with van der Waals surface area (Å²) < 4.78 is 10.5. The molecule has 1 saturated carbocycles. The highest BCUT2D eigenvalue weighted by atomic mass is 16.6. The molecular formula is C17H30O4. The van der Waals surface area contributed by atoms with Gasteiger partial charge in [0.15, 0.2) is 5.41 Å². The summed E-state index contributed by atoms with van der Waals surface area (Å²) in [5.74, 6) is -0.348. The van der Waals surface area contributed by atoms with Crippen molar-refractivity contribution < 1.29 is 19.1 Å². The van der Waals surface area contributed by atoms with E-state index in [1.165, 1.54) is 6.42 Å². The Morgan fingerprint density at radius 2 is 1.48 bits per heavy atom. The molecule has 0 aromatic rings. The largest absolute Gasteiger partial charge is 0.465 e. The molecule has 1 rings (SSSR count). The highest BCUT2D eigenvalue weighted by molar-refractivity contribution is 6.00. The van der Waals surface area contributed by atoms with Crippen LogP contribution in [0, 0.1) is 17.3 Å². The normalized spacial score (nSPS) is 22.7. The summed E-state index contributed by atoms with van der Waals surface area (Å²) in [6, 6.07) is 0. The summed E-state index contributed by atoms with van der Waals surface area (Å²) >= 11 is 0. The molecule has 4 nitrogen and oxygen atoms in total. The molecule has 0 aliphatic heterocycles. The van der Waals surface area contributed by atoms with Crippen molar-refractivity contribution >= 4 is 11.9 Å². The zero-order valence-corrected chi connectivity index (χ0v) is 13.9. The lowest BCUT2D eigenvalue weighted by Crippen LogP contribution is -2.50. The van der Waals surface area contributed by atoms with Crippen molar-refractivity contribution in [3.8, 4) is 0 Å². The minimum Gasteiger partial charge on any atom is -0.465 e. The summed E-state index contributed by atoms with van der Waals surface area (Å²) in [5.41, 5.74) is -1.12. The van der Waals surface area contributed by atoms with Gasteiger partial charge in [0.05, 0.1) is 13.2 Å². The lowest BCUT2D eigenvalue weighted by atomic mass is 9.61. The van der Waals surface area contributed by atoms with Crippen LogP contribution in [-0.2, 0) is 19.1 Å². The third kappa shape index (κ3) is 3.58. The molecule has 1 aliphatic carbocycles. The number of esters is 2. The monoisotopic (exact) mass is 298 g/mol. The molecule has 0 bridgehead atoms. The van der Waals surface area contributed by atoms with Gasteiger partial charge >= 0.3 is 11.9 Å². The standard InChI is InChI=1S/C17H30O4/c1-5-13-11-9-10-12-14(13)17(6-2,15(18)20-7-3)16(19)21-8-4/h13-14H,5-12H2,1-4H3. The van der Waals surface area contributed by atoms with Gasteiger partial charge in [-0.1, -0.05) is 39.5 Å². The van der Waals surface area contributed by atoms with Gasteiger partial charge in [-0.05, 0) is 38.5 Å². The van der Waals surface area contributed by atoms with Gasteiger partial charge in [0, 0.05) is 0 Å². The number of rotatable bonds is 7. The lowest BCUT2D eigenvalue weighted by molar-refractivity contribution is -0.180. The molecule has 21 heavy (non-hydrogen) atoms. The molecule has 0 N–H and O–H groups in total. The van der Waals surface area contributed by atoms with Gasteiger partial charge in [0.1, 0.15) is 0 Å². The summed E-state index contributed by atoms with van der Waals surface area (Å²) in [6.45, 7) is 8.19. The highest BCUT2D eigenvalue weighted by Crippen LogP contribution is 2.47. The summed E-state index contributed by atoms with van der Waals surface area (Å²) in [5, 5.41) is 0. The van der Waals surface area contributed by atoms with Crippen molar-refractivity contribution in [2.24, 2.45) is 17.3 Å². The minimum absolute atomic E-state index is 0.0411. The minimum atomic E-state index is -1.12. The fourth-order valence-corrected chi connectivity index (χ4v) is 3.80. The molecule has 0 aromatic carbocycles. The fourth-order valence-electron chi connectivity index (χ4n) is 3.80. The Hall–Kier alpha value is -1.06. The SMILES string of the molecule is CCOC(=O)C(CC)(C(=O)OCC)C1CCCCC1CC. The summed E-state index contributed by atoms with van der Waals surface area (Å²) in [6.07, 6.45) is 5.69. The molecule has 1 fully saturated rings. The van der Waals surface area contributed by atoms with E-state index in [0.29, 0.717) is 25.6 Å². The van der Waals surface area contributed by atoms with Crippen molar-refractivity contribution in [3.63, 3.8) is 0 Å². The predicted octanol–water partition coefficient (Wildman–Crippen LogP) is 3.73. The average molecular weight is 298 g/mol. The van der Waals surface area contributed by atoms with Crippen LogP contribution in [0.2, 0.25) is 0 Å². The van der Waals surface area contributed by atoms with Crippen LogP contribution < -0.4 is 0 Å². The van der Waals surface area contributed by atoms with Crippen LogP contribution >= 0.6 is 0 Å². The first-order valence-corrected chi connectivity index (χ1v) is 8.42. The van der Waals surface area contributed by atoms with E-state index in [9.17, 15) is 9.59 Å². The number of hydrogen-bond acceptors (Lipinski definition) is 4. The van der Waals surface area contributed by atoms with Gasteiger partial charge in [0.25, 0.3) is 0 Å². The van der Waals surface area contributed by atoms with E-state index in [1.807, 2.05) is 6.92 Å². The van der Waals surface area contributed by atoms with Gasteiger partial charge in [-0.15, -0.1) is 0 Å². The Morgan fingerprint density at radius 1 is 0.952 bits per heavy atom. The van der Waals surface area contributed by atoms with Crippen LogP contribution in [0.4, 0.5) is 0 Å². The molecule has 0 aromatic heterocycles. The van der Waals surface area contributed by atoms with Gasteiger partial charge in [-0.3, -0.25) is 9.59 Å². The molecule has 4 heteroatoms. The third-order valence-electron chi connectivity index (χ3n) is 4.90. The molecule has 2 atom stereocenters. The van der Waals surface area contributed by atoms with Crippen molar-refractivity contribution in [3.05, 3.63) is 0 Å². The van der Waals surface area contributed by atoms with E-state index < -0.39 is 17.4 Å². The fraction of sp³-hybridized carbons (Fsp3) is 0.882. The second kappa shape index (κ2) is 8.40. The molecule has 1 aliphatic rings. The Labute approximate surface area is 128 Å². The molecule has 122 valence electrons. The van der Waals surface area contributed by atoms with Crippen LogP contribution in [0.1, 0.15) is 66.2 Å². The van der Waals surface area contributed by atoms with Crippen molar-refractivity contribution in [2.45, 2.75) is 66.2 Å². The second-order valence-electron chi connectivity index (χ2n) is 5.83. The average Bonchev–Trinajstić information content (AvgIpc) is 2.49. The predicted molar refractivity (Wildman–Crippen MR) is 81.7 cm³/mol. The molecule has 0 spiro atoms. The first kappa shape index (κ1) is 18.0. The maximum absolute atomic E-state index is 12.7. The van der Waals surface area contributed by atoms with Crippen molar-refractivity contribution in [1.82, 2.24) is 0 Å². The van der Waals surface area contributed by atoms with Crippen LogP contribution in [0.5, 0.6) is 0 Å². The van der Waals surface area contributed by atoms with Gasteiger partial charge in [0.2, 0.25) is 0 Å². The van der Waals surface area contributed by atoms with E-state index in [-0.39, 0.29) is 5.92 Å². The topological polar surface area (TPSA) is 52.6 Å². The van der Waals surface area contributed by atoms with Crippen molar-refractivity contribution in [2.75, 3.05) is 13.2 Å². The summed E-state index contributed by atoms with van der Waals surface area (Å²) in [4.78, 5) is 25.3. The number of ether oxygens (including phenoxy) is 2.